The van der Waals surface area contributed by atoms with E-state index in [0.717, 1.165) is 39.3 Å². The van der Waals surface area contributed by atoms with Gasteiger partial charge in [0.25, 0.3) is 0 Å². The fourth-order valence-electron chi connectivity index (χ4n) is 2.42. The number of primary amides is 1. The summed E-state index contributed by atoms with van der Waals surface area (Å²) in [5.41, 5.74) is 5.35. The maximum absolute atomic E-state index is 11.2. The van der Waals surface area contributed by atoms with Crippen LogP contribution in [0.2, 0.25) is 0 Å². The van der Waals surface area contributed by atoms with Crippen molar-refractivity contribution in [1.82, 2.24) is 10.2 Å². The second-order valence-corrected chi connectivity index (χ2v) is 5.15. The molecule has 0 aliphatic carbocycles. The summed E-state index contributed by atoms with van der Waals surface area (Å²) in [7, 11) is 2.10. The molecule has 2 atom stereocenters. The Morgan fingerprint density at radius 1 is 1.61 bits per heavy atom. The lowest BCUT2D eigenvalue weighted by atomic mass is 10.0. The summed E-state index contributed by atoms with van der Waals surface area (Å²) in [6.45, 7) is 6.46. The molecule has 0 radical (unpaired) electrons. The van der Waals surface area contributed by atoms with Crippen LogP contribution in [0.3, 0.4) is 0 Å². The first-order valence-corrected chi connectivity index (χ1v) is 6.92. The Morgan fingerprint density at radius 2 is 2.39 bits per heavy atom. The molecule has 106 valence electrons. The fraction of sp³-hybridized carbons (Fsp3) is 0.923. The zero-order chi connectivity index (χ0) is 13.4. The average molecular weight is 257 g/mol. The Labute approximate surface area is 110 Å². The maximum atomic E-state index is 11.2. The summed E-state index contributed by atoms with van der Waals surface area (Å²) < 4.78 is 5.47. The zero-order valence-corrected chi connectivity index (χ0v) is 11.7. The molecule has 0 saturated carbocycles. The van der Waals surface area contributed by atoms with Crippen molar-refractivity contribution in [1.29, 1.82) is 0 Å². The molecule has 1 saturated heterocycles. The third-order valence-electron chi connectivity index (χ3n) is 3.42. The molecule has 1 aliphatic heterocycles. The smallest absolute Gasteiger partial charge is 0.234 e. The average Bonchev–Trinajstić information content (AvgIpc) is 2.35. The van der Waals surface area contributed by atoms with Crippen LogP contribution < -0.4 is 11.1 Å². The summed E-state index contributed by atoms with van der Waals surface area (Å²) in [5.74, 6) is 0.376. The number of hydrogen-bond donors (Lipinski definition) is 2. The van der Waals surface area contributed by atoms with Crippen LogP contribution in [0.1, 0.15) is 26.2 Å². The number of likely N-dealkylation sites (N-methyl/N-ethyl adjacent to an activating group) is 1. The molecular weight excluding hydrogens is 230 g/mol. The Kier molecular flexibility index (Phi) is 7.23. The molecule has 0 aromatic rings. The van der Waals surface area contributed by atoms with E-state index < -0.39 is 0 Å². The van der Waals surface area contributed by atoms with E-state index in [2.05, 4.69) is 17.3 Å². The summed E-state index contributed by atoms with van der Waals surface area (Å²) in [4.78, 5) is 13.5. The molecule has 1 rings (SSSR count). The Hall–Kier alpha value is -0.650. The SMILES string of the molecule is CCNC(CCN(C)CC1CCCOC1)C(N)=O. The summed E-state index contributed by atoms with van der Waals surface area (Å²) in [6.07, 6.45) is 3.18. The third kappa shape index (κ3) is 5.80. The van der Waals surface area contributed by atoms with Gasteiger partial charge in [0.05, 0.1) is 12.6 Å². The van der Waals surface area contributed by atoms with E-state index in [1.807, 2.05) is 6.92 Å². The van der Waals surface area contributed by atoms with Crippen molar-refractivity contribution < 1.29 is 9.53 Å². The van der Waals surface area contributed by atoms with Crippen LogP contribution in [0.15, 0.2) is 0 Å². The number of rotatable bonds is 8. The van der Waals surface area contributed by atoms with Crippen molar-refractivity contribution in [3.05, 3.63) is 0 Å². The molecule has 5 nitrogen and oxygen atoms in total. The highest BCUT2D eigenvalue weighted by atomic mass is 16.5. The second kappa shape index (κ2) is 8.45. The van der Waals surface area contributed by atoms with Crippen molar-refractivity contribution in [3.63, 3.8) is 0 Å². The van der Waals surface area contributed by atoms with E-state index in [0.29, 0.717) is 5.92 Å². The molecule has 3 N–H and O–H groups in total. The quantitative estimate of drug-likeness (QED) is 0.652. The molecule has 2 unspecified atom stereocenters. The minimum Gasteiger partial charge on any atom is -0.381 e. The van der Waals surface area contributed by atoms with E-state index in [-0.39, 0.29) is 11.9 Å². The van der Waals surface area contributed by atoms with Crippen LogP contribution in [-0.2, 0) is 9.53 Å². The van der Waals surface area contributed by atoms with Gasteiger partial charge in [-0.25, -0.2) is 0 Å². The van der Waals surface area contributed by atoms with E-state index in [1.54, 1.807) is 0 Å². The van der Waals surface area contributed by atoms with E-state index in [1.165, 1.54) is 12.8 Å². The highest BCUT2D eigenvalue weighted by Crippen LogP contribution is 2.14. The van der Waals surface area contributed by atoms with Crippen molar-refractivity contribution in [2.75, 3.05) is 39.9 Å². The highest BCUT2D eigenvalue weighted by molar-refractivity contribution is 5.79. The van der Waals surface area contributed by atoms with Crippen molar-refractivity contribution >= 4 is 5.91 Å². The van der Waals surface area contributed by atoms with Gasteiger partial charge in [-0.2, -0.15) is 0 Å². The third-order valence-corrected chi connectivity index (χ3v) is 3.42. The molecular formula is C13H27N3O2. The predicted molar refractivity (Wildman–Crippen MR) is 72.3 cm³/mol. The van der Waals surface area contributed by atoms with Crippen molar-refractivity contribution in [3.8, 4) is 0 Å². The van der Waals surface area contributed by atoms with Gasteiger partial charge in [0.15, 0.2) is 0 Å². The molecule has 0 aromatic carbocycles. The summed E-state index contributed by atoms with van der Waals surface area (Å²) >= 11 is 0. The monoisotopic (exact) mass is 257 g/mol. The number of amides is 1. The molecule has 0 aromatic heterocycles. The molecule has 18 heavy (non-hydrogen) atoms. The number of carbonyl (C=O) groups excluding carboxylic acids is 1. The van der Waals surface area contributed by atoms with Gasteiger partial charge < -0.3 is 20.7 Å². The number of hydrogen-bond acceptors (Lipinski definition) is 4. The normalized spacial score (nSPS) is 22.1. The lowest BCUT2D eigenvalue weighted by Gasteiger charge is -2.27. The summed E-state index contributed by atoms with van der Waals surface area (Å²) in [5, 5.41) is 3.12. The van der Waals surface area contributed by atoms with Crippen LogP contribution in [0.25, 0.3) is 0 Å². The minimum atomic E-state index is -0.258. The fourth-order valence-corrected chi connectivity index (χ4v) is 2.42. The van der Waals surface area contributed by atoms with Gasteiger partial charge in [0, 0.05) is 13.2 Å². The van der Waals surface area contributed by atoms with Crippen molar-refractivity contribution in [2.45, 2.75) is 32.2 Å². The standard InChI is InChI=1S/C13H27N3O2/c1-3-15-12(13(14)17)6-7-16(2)9-11-5-4-8-18-10-11/h11-12,15H,3-10H2,1-2H3,(H2,14,17). The van der Waals surface area contributed by atoms with Crippen LogP contribution in [-0.4, -0.2) is 56.7 Å². The van der Waals surface area contributed by atoms with Gasteiger partial charge >= 0.3 is 0 Å². The van der Waals surface area contributed by atoms with Gasteiger partial charge in [0.1, 0.15) is 0 Å². The minimum absolute atomic E-state index is 0.208. The first-order chi connectivity index (χ1) is 8.63. The summed E-state index contributed by atoms with van der Waals surface area (Å²) in [6, 6.07) is -0.208. The van der Waals surface area contributed by atoms with Gasteiger partial charge in [-0.3, -0.25) is 4.79 Å². The second-order valence-electron chi connectivity index (χ2n) is 5.15. The largest absolute Gasteiger partial charge is 0.381 e. The van der Waals surface area contributed by atoms with E-state index in [9.17, 15) is 4.79 Å². The molecule has 1 aliphatic rings. The van der Waals surface area contributed by atoms with Crippen LogP contribution in [0.5, 0.6) is 0 Å². The Bertz CT molecular complexity index is 242. The number of nitrogens with two attached hydrogens (primary N) is 1. The number of carbonyl (C=O) groups is 1. The molecule has 5 heteroatoms. The first kappa shape index (κ1) is 15.4. The molecule has 0 bridgehead atoms. The zero-order valence-electron chi connectivity index (χ0n) is 11.7. The molecule has 1 amide bonds. The topological polar surface area (TPSA) is 67.6 Å². The Morgan fingerprint density at radius 3 is 2.94 bits per heavy atom. The molecule has 1 fully saturated rings. The Balaban J connectivity index is 2.21. The van der Waals surface area contributed by atoms with Crippen LogP contribution in [0.4, 0.5) is 0 Å². The van der Waals surface area contributed by atoms with Crippen LogP contribution >= 0.6 is 0 Å². The maximum Gasteiger partial charge on any atom is 0.234 e. The number of nitrogens with one attached hydrogen (secondary N) is 1. The van der Waals surface area contributed by atoms with Gasteiger partial charge in [0.2, 0.25) is 5.91 Å². The van der Waals surface area contributed by atoms with Crippen molar-refractivity contribution in [2.24, 2.45) is 11.7 Å². The predicted octanol–water partition coefficient (Wildman–Crippen LogP) is 0.198. The number of nitrogens with zero attached hydrogens (tertiary/aromatic N) is 1. The molecule has 1 heterocycles. The van der Waals surface area contributed by atoms with Gasteiger partial charge in [-0.1, -0.05) is 6.92 Å². The lowest BCUT2D eigenvalue weighted by Crippen LogP contribution is -2.43. The van der Waals surface area contributed by atoms with E-state index >= 15 is 0 Å². The van der Waals surface area contributed by atoms with Crippen LogP contribution in [0, 0.1) is 5.92 Å². The lowest BCUT2D eigenvalue weighted by molar-refractivity contribution is -0.120. The molecule has 0 spiro atoms. The van der Waals surface area contributed by atoms with E-state index in [4.69, 9.17) is 10.5 Å². The highest BCUT2D eigenvalue weighted by Gasteiger charge is 2.18. The van der Waals surface area contributed by atoms with Gasteiger partial charge in [-0.05, 0) is 45.3 Å². The number of ether oxygens (including phenoxy) is 1. The first-order valence-electron chi connectivity index (χ1n) is 6.92. The van der Waals surface area contributed by atoms with Gasteiger partial charge in [-0.15, -0.1) is 0 Å².